The topological polar surface area (TPSA) is 38.3 Å². The molecule has 0 bridgehead atoms. The summed E-state index contributed by atoms with van der Waals surface area (Å²) < 4.78 is 19.2. The van der Waals surface area contributed by atoms with Gasteiger partial charge in [0, 0.05) is 5.69 Å². The van der Waals surface area contributed by atoms with Crippen LogP contribution in [0.15, 0.2) is 46.9 Å². The molecular formula is C16H15BrFNO2. The van der Waals surface area contributed by atoms with Gasteiger partial charge in [0.25, 0.3) is 5.91 Å². The molecule has 0 spiro atoms. The van der Waals surface area contributed by atoms with E-state index in [-0.39, 0.29) is 11.7 Å². The number of benzene rings is 2. The smallest absolute Gasteiger partial charge is 0.265 e. The maximum Gasteiger partial charge on any atom is 0.265 e. The van der Waals surface area contributed by atoms with Gasteiger partial charge < -0.3 is 10.1 Å². The first-order chi connectivity index (χ1) is 9.95. The quantitative estimate of drug-likeness (QED) is 0.891. The fourth-order valence-electron chi connectivity index (χ4n) is 1.72. The number of ether oxygens (including phenoxy) is 1. The number of amides is 1. The van der Waals surface area contributed by atoms with Gasteiger partial charge in [0.15, 0.2) is 6.10 Å². The fraction of sp³-hybridized carbons (Fsp3) is 0.188. The van der Waals surface area contributed by atoms with Crippen LogP contribution in [0.5, 0.6) is 5.75 Å². The van der Waals surface area contributed by atoms with Gasteiger partial charge in [-0.25, -0.2) is 4.39 Å². The molecule has 0 heterocycles. The summed E-state index contributed by atoms with van der Waals surface area (Å²) in [5, 5.41) is 2.67. The number of hydrogen-bond acceptors (Lipinski definition) is 2. The zero-order valence-corrected chi connectivity index (χ0v) is 13.3. The van der Waals surface area contributed by atoms with E-state index in [0.29, 0.717) is 11.4 Å². The third-order valence-corrected chi connectivity index (χ3v) is 3.49. The van der Waals surface area contributed by atoms with E-state index >= 15 is 0 Å². The van der Waals surface area contributed by atoms with Gasteiger partial charge in [-0.05, 0) is 71.7 Å². The van der Waals surface area contributed by atoms with Crippen LogP contribution in [0.25, 0.3) is 0 Å². The summed E-state index contributed by atoms with van der Waals surface area (Å²) in [5.74, 6) is -0.0441. The van der Waals surface area contributed by atoms with Gasteiger partial charge in [0.1, 0.15) is 11.6 Å². The van der Waals surface area contributed by atoms with Gasteiger partial charge in [0.05, 0.1) is 4.47 Å². The van der Waals surface area contributed by atoms with E-state index in [4.69, 9.17) is 4.74 Å². The van der Waals surface area contributed by atoms with Gasteiger partial charge >= 0.3 is 0 Å². The third kappa shape index (κ3) is 4.29. The minimum atomic E-state index is -0.672. The molecule has 21 heavy (non-hydrogen) atoms. The Morgan fingerprint density at radius 3 is 2.52 bits per heavy atom. The van der Waals surface area contributed by atoms with Gasteiger partial charge in [-0.15, -0.1) is 0 Å². The van der Waals surface area contributed by atoms with E-state index in [1.807, 2.05) is 19.1 Å². The van der Waals surface area contributed by atoms with Crippen LogP contribution in [0.4, 0.5) is 10.1 Å². The van der Waals surface area contributed by atoms with Crippen molar-refractivity contribution in [2.24, 2.45) is 0 Å². The summed E-state index contributed by atoms with van der Waals surface area (Å²) in [4.78, 5) is 12.0. The van der Waals surface area contributed by atoms with E-state index in [1.54, 1.807) is 13.0 Å². The van der Waals surface area contributed by atoms with Crippen LogP contribution in [0.1, 0.15) is 12.5 Å². The zero-order valence-electron chi connectivity index (χ0n) is 11.7. The van der Waals surface area contributed by atoms with Gasteiger partial charge in [-0.3, -0.25) is 4.79 Å². The van der Waals surface area contributed by atoms with Gasteiger partial charge in [-0.2, -0.15) is 0 Å². The van der Waals surface area contributed by atoms with E-state index < -0.39 is 6.10 Å². The van der Waals surface area contributed by atoms with E-state index in [2.05, 4.69) is 21.2 Å². The minimum absolute atomic E-state index is 0.297. The molecule has 1 N–H and O–H groups in total. The average Bonchev–Trinajstić information content (AvgIpc) is 2.44. The number of carbonyl (C=O) groups is 1. The van der Waals surface area contributed by atoms with Crippen molar-refractivity contribution in [2.75, 3.05) is 5.32 Å². The molecule has 0 radical (unpaired) electrons. The van der Waals surface area contributed by atoms with Gasteiger partial charge in [-0.1, -0.05) is 6.07 Å². The third-order valence-electron chi connectivity index (χ3n) is 2.87. The van der Waals surface area contributed by atoms with Crippen LogP contribution in [0.2, 0.25) is 0 Å². The lowest BCUT2D eigenvalue weighted by Gasteiger charge is -2.16. The van der Waals surface area contributed by atoms with E-state index in [0.717, 1.165) is 10.0 Å². The second-order valence-electron chi connectivity index (χ2n) is 4.69. The van der Waals surface area contributed by atoms with E-state index in [1.165, 1.54) is 24.3 Å². The highest BCUT2D eigenvalue weighted by molar-refractivity contribution is 9.10. The maximum absolute atomic E-state index is 12.8. The lowest BCUT2D eigenvalue weighted by Crippen LogP contribution is -2.30. The molecule has 0 aliphatic heterocycles. The van der Waals surface area contributed by atoms with Crippen LogP contribution in [0.3, 0.4) is 0 Å². The monoisotopic (exact) mass is 351 g/mol. The first-order valence-electron chi connectivity index (χ1n) is 6.45. The van der Waals surface area contributed by atoms with Crippen LogP contribution in [0, 0.1) is 12.7 Å². The Kier molecular flexibility index (Phi) is 4.96. The number of rotatable bonds is 4. The highest BCUT2D eigenvalue weighted by Gasteiger charge is 2.16. The second kappa shape index (κ2) is 6.72. The minimum Gasteiger partial charge on any atom is -0.480 e. The Labute approximate surface area is 131 Å². The standard InChI is InChI=1S/C16H15BrFNO2/c1-10-3-8-15(14(17)9-10)21-11(2)16(20)19-13-6-4-12(18)5-7-13/h3-9,11H,1-2H3,(H,19,20)/t11-/m1/s1. The maximum atomic E-state index is 12.8. The first-order valence-corrected chi connectivity index (χ1v) is 7.24. The van der Waals surface area contributed by atoms with Crippen molar-refractivity contribution < 1.29 is 13.9 Å². The molecule has 2 aromatic rings. The molecule has 0 saturated heterocycles. The van der Waals surface area contributed by atoms with Crippen molar-refractivity contribution in [1.82, 2.24) is 0 Å². The number of nitrogens with one attached hydrogen (secondary N) is 1. The molecule has 0 aromatic heterocycles. The van der Waals surface area contributed by atoms with Crippen LogP contribution in [-0.4, -0.2) is 12.0 Å². The van der Waals surface area contributed by atoms with Crippen LogP contribution < -0.4 is 10.1 Å². The summed E-state index contributed by atoms with van der Waals surface area (Å²) in [6.07, 6.45) is -0.672. The SMILES string of the molecule is Cc1ccc(O[C@H](C)C(=O)Nc2ccc(F)cc2)c(Br)c1. The van der Waals surface area contributed by atoms with Crippen LogP contribution >= 0.6 is 15.9 Å². The summed E-state index contributed by atoms with van der Waals surface area (Å²) in [6.45, 7) is 3.63. The summed E-state index contributed by atoms with van der Waals surface area (Å²) in [7, 11) is 0. The van der Waals surface area contributed by atoms with E-state index in [9.17, 15) is 9.18 Å². The number of anilines is 1. The molecule has 110 valence electrons. The zero-order chi connectivity index (χ0) is 15.4. The van der Waals surface area contributed by atoms with Crippen LogP contribution in [-0.2, 0) is 4.79 Å². The molecular weight excluding hydrogens is 337 g/mol. The molecule has 2 aromatic carbocycles. The summed E-state index contributed by atoms with van der Waals surface area (Å²) in [5.41, 5.74) is 1.62. The predicted molar refractivity (Wildman–Crippen MR) is 84.0 cm³/mol. The van der Waals surface area contributed by atoms with Crippen molar-refractivity contribution in [3.63, 3.8) is 0 Å². The molecule has 2 rings (SSSR count). The predicted octanol–water partition coefficient (Wildman–Crippen LogP) is 4.30. The number of aryl methyl sites for hydroxylation is 1. The van der Waals surface area contributed by atoms with Gasteiger partial charge in [0.2, 0.25) is 0 Å². The molecule has 0 unspecified atom stereocenters. The Balaban J connectivity index is 2.00. The Hall–Kier alpha value is -1.88. The normalized spacial score (nSPS) is 11.8. The Morgan fingerprint density at radius 2 is 1.90 bits per heavy atom. The fourth-order valence-corrected chi connectivity index (χ4v) is 2.31. The molecule has 5 heteroatoms. The van der Waals surface area contributed by atoms with Crippen molar-refractivity contribution in [3.05, 3.63) is 58.3 Å². The number of hydrogen-bond donors (Lipinski definition) is 1. The molecule has 0 fully saturated rings. The number of halogens is 2. The summed E-state index contributed by atoms with van der Waals surface area (Å²) in [6, 6.07) is 11.2. The molecule has 0 saturated carbocycles. The van der Waals surface area contributed by atoms with Crippen molar-refractivity contribution >= 4 is 27.5 Å². The van der Waals surface area contributed by atoms with Crippen molar-refractivity contribution in [2.45, 2.75) is 20.0 Å². The molecule has 0 aliphatic rings. The highest BCUT2D eigenvalue weighted by Crippen LogP contribution is 2.26. The molecule has 0 aliphatic carbocycles. The Bertz CT molecular complexity index is 643. The lowest BCUT2D eigenvalue weighted by molar-refractivity contribution is -0.122. The summed E-state index contributed by atoms with van der Waals surface area (Å²) >= 11 is 3.40. The molecule has 1 atom stereocenters. The number of carbonyl (C=O) groups excluding carboxylic acids is 1. The second-order valence-corrected chi connectivity index (χ2v) is 5.54. The molecule has 3 nitrogen and oxygen atoms in total. The Morgan fingerprint density at radius 1 is 1.24 bits per heavy atom. The van der Waals surface area contributed by atoms with Crippen molar-refractivity contribution in [3.8, 4) is 5.75 Å². The first kappa shape index (κ1) is 15.5. The molecule has 1 amide bonds. The lowest BCUT2D eigenvalue weighted by atomic mass is 10.2. The average molecular weight is 352 g/mol. The highest BCUT2D eigenvalue weighted by atomic mass is 79.9. The largest absolute Gasteiger partial charge is 0.480 e. The van der Waals surface area contributed by atoms with Crippen molar-refractivity contribution in [1.29, 1.82) is 0 Å².